The monoisotopic (exact) mass is 399 g/mol. The number of rotatable bonds is 5. The first-order chi connectivity index (χ1) is 14.7. The Balaban J connectivity index is 1.28. The maximum atomic E-state index is 12.6. The molecule has 1 saturated heterocycles. The van der Waals surface area contributed by atoms with Crippen molar-refractivity contribution in [1.29, 1.82) is 0 Å². The lowest BCUT2D eigenvalue weighted by molar-refractivity contribution is -0.152. The molecule has 0 atom stereocenters. The third-order valence-corrected chi connectivity index (χ3v) is 5.61. The summed E-state index contributed by atoms with van der Waals surface area (Å²) in [6.07, 6.45) is 4.71. The van der Waals surface area contributed by atoms with Crippen LogP contribution >= 0.6 is 0 Å². The van der Waals surface area contributed by atoms with Crippen molar-refractivity contribution < 1.29 is 14.3 Å². The number of benzene rings is 3. The quantitative estimate of drug-likeness (QED) is 0.456. The third kappa shape index (κ3) is 4.77. The van der Waals surface area contributed by atoms with Gasteiger partial charge in [0, 0.05) is 19.2 Å². The second-order valence-electron chi connectivity index (χ2n) is 7.59. The van der Waals surface area contributed by atoms with Gasteiger partial charge in [-0.05, 0) is 40.8 Å². The number of carbonyl (C=O) groups is 2. The molecule has 1 fully saturated rings. The fourth-order valence-corrected chi connectivity index (χ4v) is 3.86. The Morgan fingerprint density at radius 2 is 1.60 bits per heavy atom. The van der Waals surface area contributed by atoms with Gasteiger partial charge in [-0.25, -0.2) is 0 Å². The summed E-state index contributed by atoms with van der Waals surface area (Å²) in [7, 11) is 0. The fraction of sp³-hybridized carbons (Fsp3) is 0.231. The van der Waals surface area contributed by atoms with E-state index in [1.54, 1.807) is 11.0 Å². The Bertz CT molecular complexity index is 1040. The number of nitrogens with zero attached hydrogens (tertiary/aromatic N) is 1. The predicted octanol–water partition coefficient (Wildman–Crippen LogP) is 4.84. The molecule has 4 heteroatoms. The summed E-state index contributed by atoms with van der Waals surface area (Å²) >= 11 is 0. The normalized spacial score (nSPS) is 14.9. The molecule has 0 N–H and O–H groups in total. The molecule has 0 saturated carbocycles. The zero-order valence-electron chi connectivity index (χ0n) is 16.9. The van der Waals surface area contributed by atoms with E-state index < -0.39 is 0 Å². The molecule has 0 radical (unpaired) electrons. The van der Waals surface area contributed by atoms with Crippen LogP contribution in [0.4, 0.5) is 0 Å². The summed E-state index contributed by atoms with van der Waals surface area (Å²) < 4.78 is 5.62. The second-order valence-corrected chi connectivity index (χ2v) is 7.59. The van der Waals surface area contributed by atoms with E-state index in [0.717, 1.165) is 21.9 Å². The first-order valence-corrected chi connectivity index (χ1v) is 10.4. The van der Waals surface area contributed by atoms with E-state index in [-0.39, 0.29) is 24.4 Å². The number of ether oxygens (including phenoxy) is 1. The van der Waals surface area contributed by atoms with Crippen molar-refractivity contribution in [2.24, 2.45) is 5.92 Å². The van der Waals surface area contributed by atoms with E-state index in [0.29, 0.717) is 25.9 Å². The maximum Gasteiger partial charge on any atom is 0.309 e. The van der Waals surface area contributed by atoms with Crippen LogP contribution in [0.3, 0.4) is 0 Å². The minimum absolute atomic E-state index is 0.0126. The molecule has 1 aliphatic heterocycles. The van der Waals surface area contributed by atoms with Crippen LogP contribution in [0.25, 0.3) is 16.8 Å². The number of likely N-dealkylation sites (tertiary alicyclic amines) is 1. The molecule has 1 aliphatic rings. The van der Waals surface area contributed by atoms with Crippen molar-refractivity contribution in [1.82, 2.24) is 4.90 Å². The van der Waals surface area contributed by atoms with Gasteiger partial charge >= 0.3 is 5.97 Å². The summed E-state index contributed by atoms with van der Waals surface area (Å²) in [6, 6.07) is 23.9. The molecule has 0 bridgehead atoms. The molecule has 1 amide bonds. The molecule has 3 aromatic carbocycles. The van der Waals surface area contributed by atoms with Gasteiger partial charge < -0.3 is 9.64 Å². The molecule has 1 heterocycles. The molecule has 0 aliphatic carbocycles. The van der Waals surface area contributed by atoms with Crippen LogP contribution in [0.15, 0.2) is 78.9 Å². The van der Waals surface area contributed by atoms with Crippen LogP contribution in [0.5, 0.6) is 0 Å². The zero-order valence-corrected chi connectivity index (χ0v) is 16.9. The predicted molar refractivity (Wildman–Crippen MR) is 119 cm³/mol. The van der Waals surface area contributed by atoms with E-state index in [4.69, 9.17) is 4.74 Å². The highest BCUT2D eigenvalue weighted by molar-refractivity contribution is 5.92. The summed E-state index contributed by atoms with van der Waals surface area (Å²) in [5, 5.41) is 2.25. The summed E-state index contributed by atoms with van der Waals surface area (Å²) in [5.41, 5.74) is 2.01. The van der Waals surface area contributed by atoms with Gasteiger partial charge in [-0.2, -0.15) is 0 Å². The Morgan fingerprint density at radius 1 is 0.900 bits per heavy atom. The fourth-order valence-electron chi connectivity index (χ4n) is 3.86. The van der Waals surface area contributed by atoms with Gasteiger partial charge in [0.25, 0.3) is 0 Å². The smallest absolute Gasteiger partial charge is 0.309 e. The van der Waals surface area contributed by atoms with Gasteiger partial charge in [0.2, 0.25) is 5.91 Å². The molecule has 4 nitrogen and oxygen atoms in total. The number of carbonyl (C=O) groups excluding carboxylic acids is 2. The number of piperidine rings is 1. The van der Waals surface area contributed by atoms with Crippen LogP contribution in [0, 0.1) is 5.92 Å². The molecular weight excluding hydrogens is 374 g/mol. The Morgan fingerprint density at radius 3 is 2.40 bits per heavy atom. The molecule has 3 aromatic rings. The largest absolute Gasteiger partial charge is 0.461 e. The lowest BCUT2D eigenvalue weighted by atomic mass is 9.97. The Kier molecular flexibility index (Phi) is 6.23. The minimum Gasteiger partial charge on any atom is -0.461 e. The molecule has 152 valence electrons. The third-order valence-electron chi connectivity index (χ3n) is 5.61. The van der Waals surface area contributed by atoms with Gasteiger partial charge in [-0.15, -0.1) is 0 Å². The van der Waals surface area contributed by atoms with Crippen molar-refractivity contribution in [2.75, 3.05) is 13.1 Å². The number of fused-ring (bicyclic) bond motifs is 1. The van der Waals surface area contributed by atoms with Gasteiger partial charge in [-0.1, -0.05) is 72.8 Å². The van der Waals surface area contributed by atoms with Crippen LogP contribution in [-0.2, 0) is 20.9 Å². The van der Waals surface area contributed by atoms with Crippen LogP contribution in [0.2, 0.25) is 0 Å². The number of amides is 1. The van der Waals surface area contributed by atoms with Gasteiger partial charge in [-0.3, -0.25) is 9.59 Å². The molecular formula is C26H25NO3. The highest BCUT2D eigenvalue weighted by Gasteiger charge is 2.27. The maximum absolute atomic E-state index is 12.6. The zero-order chi connectivity index (χ0) is 20.8. The lowest BCUT2D eigenvalue weighted by Gasteiger charge is -2.30. The SMILES string of the molecule is O=C(OCc1cccc2ccccc12)C1CCN(C(=O)/C=C/c2ccccc2)CC1. The van der Waals surface area contributed by atoms with Crippen molar-refractivity contribution in [3.8, 4) is 0 Å². The van der Waals surface area contributed by atoms with E-state index in [9.17, 15) is 9.59 Å². The van der Waals surface area contributed by atoms with E-state index in [2.05, 4.69) is 12.1 Å². The average Bonchev–Trinajstić information content (AvgIpc) is 2.81. The van der Waals surface area contributed by atoms with Gasteiger partial charge in [0.05, 0.1) is 5.92 Å². The van der Waals surface area contributed by atoms with Crippen molar-refractivity contribution in [3.05, 3.63) is 90.0 Å². The highest BCUT2D eigenvalue weighted by atomic mass is 16.5. The summed E-state index contributed by atoms with van der Waals surface area (Å²) in [6.45, 7) is 1.43. The van der Waals surface area contributed by atoms with Crippen molar-refractivity contribution >= 4 is 28.7 Å². The molecule has 30 heavy (non-hydrogen) atoms. The van der Waals surface area contributed by atoms with E-state index in [1.165, 1.54) is 0 Å². The van der Waals surface area contributed by atoms with Crippen LogP contribution < -0.4 is 0 Å². The Labute approximate surface area is 176 Å². The highest BCUT2D eigenvalue weighted by Crippen LogP contribution is 2.22. The first kappa shape index (κ1) is 19.9. The average molecular weight is 399 g/mol. The minimum atomic E-state index is -0.171. The van der Waals surface area contributed by atoms with Crippen molar-refractivity contribution in [2.45, 2.75) is 19.4 Å². The lowest BCUT2D eigenvalue weighted by Crippen LogP contribution is -2.39. The number of esters is 1. The summed E-state index contributed by atoms with van der Waals surface area (Å²) in [4.78, 5) is 26.8. The summed E-state index contributed by atoms with van der Waals surface area (Å²) in [5.74, 6) is -0.335. The van der Waals surface area contributed by atoms with Crippen molar-refractivity contribution in [3.63, 3.8) is 0 Å². The molecule has 0 aromatic heterocycles. The first-order valence-electron chi connectivity index (χ1n) is 10.4. The Hall–Kier alpha value is -3.40. The molecule has 0 spiro atoms. The molecule has 4 rings (SSSR count). The second kappa shape index (κ2) is 9.40. The standard InChI is InChI=1S/C26H25NO3/c28-25(14-13-20-7-2-1-3-8-20)27-17-15-22(16-18-27)26(29)30-19-23-11-6-10-21-9-4-5-12-24(21)23/h1-14,22H,15-19H2/b14-13+. The molecule has 0 unspecified atom stereocenters. The topological polar surface area (TPSA) is 46.6 Å². The van der Waals surface area contributed by atoms with Crippen LogP contribution in [0.1, 0.15) is 24.0 Å². The van der Waals surface area contributed by atoms with E-state index in [1.807, 2.05) is 66.7 Å². The van der Waals surface area contributed by atoms with E-state index >= 15 is 0 Å². The van der Waals surface area contributed by atoms with Crippen LogP contribution in [-0.4, -0.2) is 29.9 Å². The number of hydrogen-bond donors (Lipinski definition) is 0. The van der Waals surface area contributed by atoms with Gasteiger partial charge in [0.15, 0.2) is 0 Å². The van der Waals surface area contributed by atoms with Gasteiger partial charge in [0.1, 0.15) is 6.61 Å². The number of hydrogen-bond acceptors (Lipinski definition) is 3.